The molecule has 170 valence electrons. The van der Waals surface area contributed by atoms with Gasteiger partial charge in [0, 0.05) is 5.02 Å². The molecule has 1 unspecified atom stereocenters. The lowest BCUT2D eigenvalue weighted by atomic mass is 10.2. The van der Waals surface area contributed by atoms with Gasteiger partial charge in [-0.15, -0.1) is 0 Å². The van der Waals surface area contributed by atoms with Gasteiger partial charge in [0.25, 0.3) is 5.91 Å². The van der Waals surface area contributed by atoms with E-state index in [0.29, 0.717) is 40.3 Å². The number of halogens is 2. The Morgan fingerprint density at radius 3 is 2.64 bits per heavy atom. The minimum atomic E-state index is -0.464. The summed E-state index contributed by atoms with van der Waals surface area (Å²) in [6.45, 7) is 2.74. The van der Waals surface area contributed by atoms with E-state index in [1.807, 2.05) is 49.4 Å². The second kappa shape index (κ2) is 10.6. The molecule has 1 heterocycles. The third-order valence-corrected chi connectivity index (χ3v) is 6.04. The number of nitrogens with one attached hydrogen (secondary N) is 2. The number of anilines is 1. The molecule has 0 aliphatic carbocycles. The Bertz CT molecular complexity index is 1170. The summed E-state index contributed by atoms with van der Waals surface area (Å²) < 4.78 is 25.6. The fourth-order valence-corrected chi connectivity index (χ4v) is 4.28. The number of hydrogen-bond acceptors (Lipinski definition) is 5. The maximum Gasteiger partial charge on any atom is 0.260 e. The molecule has 3 aromatic carbocycles. The van der Waals surface area contributed by atoms with Crippen LogP contribution in [-0.2, 0) is 11.4 Å². The van der Waals surface area contributed by atoms with Crippen LogP contribution >= 0.6 is 23.4 Å². The molecule has 1 aliphatic rings. The standard InChI is InChI=1S/C25H22ClFN2O3S/c1-2-31-22-13-17(9-12-21(22)32-15-16-7-10-18(26)11-8-16)14-23-24(30)29-25(33-23)28-20-6-4-3-5-19(20)27/h3-14,25,28H,2,15H2,1H3,(H,29,30)/b23-14-. The molecule has 8 heteroatoms. The maximum absolute atomic E-state index is 13.9. The lowest BCUT2D eigenvalue weighted by Crippen LogP contribution is -2.31. The van der Waals surface area contributed by atoms with Crippen molar-refractivity contribution in [2.24, 2.45) is 0 Å². The normalized spacial score (nSPS) is 16.5. The Balaban J connectivity index is 1.46. The Hall–Kier alpha value is -3.16. The third kappa shape index (κ3) is 6.00. The molecule has 0 radical (unpaired) electrons. The molecule has 0 bridgehead atoms. The highest BCUT2D eigenvalue weighted by atomic mass is 35.5. The number of rotatable bonds is 8. The van der Waals surface area contributed by atoms with E-state index in [4.69, 9.17) is 21.1 Å². The highest BCUT2D eigenvalue weighted by molar-refractivity contribution is 8.05. The summed E-state index contributed by atoms with van der Waals surface area (Å²) in [4.78, 5) is 12.9. The molecule has 2 N–H and O–H groups in total. The Kier molecular flexibility index (Phi) is 7.42. The van der Waals surface area contributed by atoms with Crippen molar-refractivity contribution < 1.29 is 18.7 Å². The average Bonchev–Trinajstić information content (AvgIpc) is 3.14. The number of hydrogen-bond donors (Lipinski definition) is 2. The van der Waals surface area contributed by atoms with Crippen LogP contribution in [0.1, 0.15) is 18.1 Å². The molecule has 1 atom stereocenters. The first-order valence-corrected chi connectivity index (χ1v) is 11.6. The van der Waals surface area contributed by atoms with Gasteiger partial charge in [-0.25, -0.2) is 4.39 Å². The van der Waals surface area contributed by atoms with Crippen LogP contribution in [0.5, 0.6) is 11.5 Å². The van der Waals surface area contributed by atoms with Crippen LogP contribution in [0.3, 0.4) is 0 Å². The summed E-state index contributed by atoms with van der Waals surface area (Å²) in [6.07, 6.45) is 1.77. The average molecular weight is 485 g/mol. The minimum Gasteiger partial charge on any atom is -0.490 e. The SMILES string of the molecule is CCOc1cc(/C=C2\SC(Nc3ccccc3F)NC2=O)ccc1OCc1ccc(Cl)cc1. The summed E-state index contributed by atoms with van der Waals surface area (Å²) in [6, 6.07) is 19.3. The number of amides is 1. The monoisotopic (exact) mass is 484 g/mol. The Labute approximate surface area is 200 Å². The smallest absolute Gasteiger partial charge is 0.260 e. The van der Waals surface area contributed by atoms with E-state index in [9.17, 15) is 9.18 Å². The van der Waals surface area contributed by atoms with Crippen molar-refractivity contribution >= 4 is 41.0 Å². The number of para-hydroxylation sites is 1. The number of carbonyl (C=O) groups excluding carboxylic acids is 1. The molecule has 1 aliphatic heterocycles. The summed E-state index contributed by atoms with van der Waals surface area (Å²) in [7, 11) is 0. The van der Waals surface area contributed by atoms with Crippen LogP contribution in [-0.4, -0.2) is 18.0 Å². The molecular formula is C25H22ClFN2O3S. The maximum atomic E-state index is 13.9. The Morgan fingerprint density at radius 1 is 1.09 bits per heavy atom. The second-order valence-corrected chi connectivity index (χ2v) is 8.74. The molecule has 0 spiro atoms. The quantitative estimate of drug-likeness (QED) is 0.381. The zero-order valence-corrected chi connectivity index (χ0v) is 19.4. The van der Waals surface area contributed by atoms with Gasteiger partial charge in [-0.2, -0.15) is 0 Å². The molecule has 1 amide bonds. The highest BCUT2D eigenvalue weighted by Crippen LogP contribution is 2.34. The van der Waals surface area contributed by atoms with Gasteiger partial charge in [-0.3, -0.25) is 4.79 Å². The number of ether oxygens (including phenoxy) is 2. The lowest BCUT2D eigenvalue weighted by Gasteiger charge is -2.13. The van der Waals surface area contributed by atoms with E-state index < -0.39 is 5.50 Å². The molecule has 0 aromatic heterocycles. The number of thioether (sulfide) groups is 1. The molecule has 5 nitrogen and oxygen atoms in total. The fourth-order valence-electron chi connectivity index (χ4n) is 3.18. The van der Waals surface area contributed by atoms with Crippen molar-refractivity contribution in [3.05, 3.63) is 93.6 Å². The van der Waals surface area contributed by atoms with E-state index in [-0.39, 0.29) is 11.7 Å². The van der Waals surface area contributed by atoms with Crippen LogP contribution in [0.15, 0.2) is 71.6 Å². The molecule has 33 heavy (non-hydrogen) atoms. The van der Waals surface area contributed by atoms with Crippen LogP contribution in [0.25, 0.3) is 6.08 Å². The topological polar surface area (TPSA) is 59.6 Å². The van der Waals surface area contributed by atoms with Gasteiger partial charge in [0.15, 0.2) is 17.0 Å². The van der Waals surface area contributed by atoms with E-state index in [1.165, 1.54) is 17.8 Å². The molecular weight excluding hydrogens is 463 g/mol. The van der Waals surface area contributed by atoms with Crippen molar-refractivity contribution in [1.82, 2.24) is 5.32 Å². The third-order valence-electron chi connectivity index (χ3n) is 4.76. The first kappa shape index (κ1) is 23.0. The first-order valence-electron chi connectivity index (χ1n) is 10.4. The van der Waals surface area contributed by atoms with Crippen LogP contribution < -0.4 is 20.1 Å². The van der Waals surface area contributed by atoms with Crippen molar-refractivity contribution in [3.8, 4) is 11.5 Å². The first-order chi connectivity index (χ1) is 16.0. The van der Waals surface area contributed by atoms with Gasteiger partial charge in [0.1, 0.15) is 12.4 Å². The minimum absolute atomic E-state index is 0.227. The van der Waals surface area contributed by atoms with Crippen molar-refractivity contribution in [2.75, 3.05) is 11.9 Å². The molecule has 3 aromatic rings. The predicted molar refractivity (Wildman–Crippen MR) is 131 cm³/mol. The van der Waals surface area contributed by atoms with Crippen LogP contribution in [0.4, 0.5) is 10.1 Å². The largest absolute Gasteiger partial charge is 0.490 e. The van der Waals surface area contributed by atoms with Gasteiger partial charge in [0.2, 0.25) is 0 Å². The van der Waals surface area contributed by atoms with E-state index in [1.54, 1.807) is 24.3 Å². The second-order valence-electron chi connectivity index (χ2n) is 7.16. The summed E-state index contributed by atoms with van der Waals surface area (Å²) in [5, 5.41) is 6.47. The fraction of sp³-hybridized carbons (Fsp3) is 0.160. The lowest BCUT2D eigenvalue weighted by molar-refractivity contribution is -0.116. The molecule has 4 rings (SSSR count). The van der Waals surface area contributed by atoms with Crippen molar-refractivity contribution in [1.29, 1.82) is 0 Å². The van der Waals surface area contributed by atoms with Crippen molar-refractivity contribution in [2.45, 2.75) is 19.0 Å². The van der Waals surface area contributed by atoms with Gasteiger partial charge in [0.05, 0.1) is 17.2 Å². The van der Waals surface area contributed by atoms with Gasteiger partial charge in [-0.1, -0.05) is 53.7 Å². The number of benzene rings is 3. The van der Waals surface area contributed by atoms with Gasteiger partial charge < -0.3 is 20.1 Å². The van der Waals surface area contributed by atoms with Crippen LogP contribution in [0, 0.1) is 5.82 Å². The van der Waals surface area contributed by atoms with Gasteiger partial charge in [-0.05, 0) is 60.5 Å². The zero-order chi connectivity index (χ0) is 23.2. The van der Waals surface area contributed by atoms with Crippen LogP contribution in [0.2, 0.25) is 5.02 Å². The summed E-state index contributed by atoms with van der Waals surface area (Å²) in [5.41, 5.74) is 1.65. The molecule has 0 saturated carbocycles. The summed E-state index contributed by atoms with van der Waals surface area (Å²) in [5.74, 6) is 0.594. The van der Waals surface area contributed by atoms with Crippen molar-refractivity contribution in [3.63, 3.8) is 0 Å². The highest BCUT2D eigenvalue weighted by Gasteiger charge is 2.27. The van der Waals surface area contributed by atoms with E-state index >= 15 is 0 Å². The number of carbonyl (C=O) groups is 1. The molecule has 1 fully saturated rings. The predicted octanol–water partition coefficient (Wildman–Crippen LogP) is 6.06. The van der Waals surface area contributed by atoms with Gasteiger partial charge >= 0.3 is 0 Å². The van der Waals surface area contributed by atoms with E-state index in [0.717, 1.165) is 11.1 Å². The van der Waals surface area contributed by atoms with E-state index in [2.05, 4.69) is 10.6 Å². The Morgan fingerprint density at radius 2 is 1.88 bits per heavy atom. The molecule has 1 saturated heterocycles. The zero-order valence-electron chi connectivity index (χ0n) is 17.8. The summed E-state index contributed by atoms with van der Waals surface area (Å²) >= 11 is 7.22.